The van der Waals surface area contributed by atoms with Gasteiger partial charge in [-0.1, -0.05) is 25.0 Å². The van der Waals surface area contributed by atoms with Gasteiger partial charge in [-0.3, -0.25) is 14.6 Å². The third-order valence-electron chi connectivity index (χ3n) is 5.97. The van der Waals surface area contributed by atoms with E-state index in [9.17, 15) is 9.59 Å². The molecule has 0 aromatic carbocycles. The number of nitrogens with zero attached hydrogens (tertiary/aromatic N) is 2. The van der Waals surface area contributed by atoms with Crippen molar-refractivity contribution in [2.24, 2.45) is 5.41 Å². The van der Waals surface area contributed by atoms with Gasteiger partial charge >= 0.3 is 0 Å². The van der Waals surface area contributed by atoms with Crippen LogP contribution in [0.2, 0.25) is 0 Å². The van der Waals surface area contributed by atoms with Crippen LogP contribution in [0.4, 0.5) is 0 Å². The van der Waals surface area contributed by atoms with Crippen LogP contribution in [-0.2, 0) is 16.1 Å². The van der Waals surface area contributed by atoms with Crippen molar-refractivity contribution in [1.29, 1.82) is 0 Å². The molecule has 1 aliphatic heterocycles. The molecular formula is C20H25N3O2. The summed E-state index contributed by atoms with van der Waals surface area (Å²) in [5.74, 6) is 0.255. The molecule has 25 heavy (non-hydrogen) atoms. The molecule has 0 radical (unpaired) electrons. The average molecular weight is 339 g/mol. The summed E-state index contributed by atoms with van der Waals surface area (Å²) in [7, 11) is 0. The molecule has 1 atom stereocenters. The zero-order valence-electron chi connectivity index (χ0n) is 14.5. The lowest BCUT2D eigenvalue weighted by Crippen LogP contribution is -2.52. The fourth-order valence-electron chi connectivity index (χ4n) is 4.68. The number of allylic oxidation sites excluding steroid dienone is 1. The number of carbonyl (C=O) groups is 2. The Labute approximate surface area is 148 Å². The molecule has 1 N–H and O–H groups in total. The number of likely N-dealkylation sites (tertiary alicyclic amines) is 1. The van der Waals surface area contributed by atoms with Crippen LogP contribution in [0.15, 0.2) is 36.2 Å². The third-order valence-corrected chi connectivity index (χ3v) is 5.97. The fourth-order valence-corrected chi connectivity index (χ4v) is 4.68. The molecule has 2 aliphatic carbocycles. The summed E-state index contributed by atoms with van der Waals surface area (Å²) in [5.41, 5.74) is 1.31. The monoisotopic (exact) mass is 339 g/mol. The topological polar surface area (TPSA) is 62.3 Å². The first-order valence-electron chi connectivity index (χ1n) is 9.42. The van der Waals surface area contributed by atoms with Crippen LogP contribution < -0.4 is 5.32 Å². The Morgan fingerprint density at radius 2 is 2.12 bits per heavy atom. The van der Waals surface area contributed by atoms with Gasteiger partial charge in [-0.2, -0.15) is 0 Å². The first-order valence-corrected chi connectivity index (χ1v) is 9.42. The smallest absolute Gasteiger partial charge is 0.232 e. The maximum atomic E-state index is 13.1. The van der Waals surface area contributed by atoms with E-state index < -0.39 is 5.41 Å². The zero-order chi connectivity index (χ0) is 17.3. The molecule has 0 bridgehead atoms. The van der Waals surface area contributed by atoms with Crippen LogP contribution in [0, 0.1) is 5.41 Å². The first-order chi connectivity index (χ1) is 12.2. The van der Waals surface area contributed by atoms with Crippen molar-refractivity contribution in [1.82, 2.24) is 15.2 Å². The fraction of sp³-hybridized carbons (Fsp3) is 0.550. The van der Waals surface area contributed by atoms with Gasteiger partial charge in [0, 0.05) is 24.4 Å². The predicted octanol–water partition coefficient (Wildman–Crippen LogP) is 2.93. The van der Waals surface area contributed by atoms with Gasteiger partial charge in [0.15, 0.2) is 0 Å². The highest BCUT2D eigenvalue weighted by Crippen LogP contribution is 2.50. The Morgan fingerprint density at radius 3 is 2.88 bits per heavy atom. The van der Waals surface area contributed by atoms with Gasteiger partial charge in [-0.05, 0) is 44.2 Å². The molecule has 5 heteroatoms. The second kappa shape index (κ2) is 6.62. The number of nitrogens with one attached hydrogen (secondary N) is 1. The summed E-state index contributed by atoms with van der Waals surface area (Å²) in [4.78, 5) is 32.0. The number of hydrogen-bond acceptors (Lipinski definition) is 3. The summed E-state index contributed by atoms with van der Waals surface area (Å²) < 4.78 is 0. The molecule has 2 amide bonds. The van der Waals surface area contributed by atoms with E-state index in [0.29, 0.717) is 25.4 Å². The Hall–Kier alpha value is -2.17. The van der Waals surface area contributed by atoms with E-state index in [4.69, 9.17) is 0 Å². The van der Waals surface area contributed by atoms with Crippen LogP contribution in [0.25, 0.3) is 0 Å². The van der Waals surface area contributed by atoms with Crippen LogP contribution in [0.3, 0.4) is 0 Å². The molecule has 132 valence electrons. The van der Waals surface area contributed by atoms with Crippen molar-refractivity contribution in [2.45, 2.75) is 64.0 Å². The van der Waals surface area contributed by atoms with E-state index in [1.165, 1.54) is 12.8 Å². The van der Waals surface area contributed by atoms with Gasteiger partial charge in [-0.25, -0.2) is 0 Å². The number of pyridine rings is 1. The van der Waals surface area contributed by atoms with E-state index in [2.05, 4.69) is 16.4 Å². The number of amides is 2. The molecule has 4 rings (SSSR count). The van der Waals surface area contributed by atoms with Gasteiger partial charge in [0.1, 0.15) is 0 Å². The van der Waals surface area contributed by atoms with Crippen molar-refractivity contribution in [3.05, 3.63) is 41.9 Å². The third kappa shape index (κ3) is 2.86. The molecular weight excluding hydrogens is 314 g/mol. The van der Waals surface area contributed by atoms with Crippen LogP contribution in [0.1, 0.15) is 57.1 Å². The molecule has 1 saturated carbocycles. The van der Waals surface area contributed by atoms with Crippen molar-refractivity contribution >= 4 is 11.8 Å². The number of hydrogen-bond donors (Lipinski definition) is 1. The minimum absolute atomic E-state index is 0.0531. The van der Waals surface area contributed by atoms with E-state index in [0.717, 1.165) is 37.1 Å². The normalized spacial score (nSPS) is 26.5. The predicted molar refractivity (Wildman–Crippen MR) is 94.2 cm³/mol. The molecule has 0 spiro atoms. The summed E-state index contributed by atoms with van der Waals surface area (Å²) in [6.07, 6.45) is 11.2. The number of fused-ring (bicyclic) bond motifs is 1. The van der Waals surface area contributed by atoms with Crippen molar-refractivity contribution in [3.63, 3.8) is 0 Å². The standard InChI is InChI=1S/C20H25N3O2/c24-18-10-12-20(19(25)22-14-15-6-3-4-13-21-15)11-5-9-17(20)23(18)16-7-1-2-8-16/h3-4,6,9,13,16H,1-2,5,7-8,10-12,14H2,(H,22,25). The highest BCUT2D eigenvalue weighted by atomic mass is 16.2. The van der Waals surface area contributed by atoms with Crippen LogP contribution in [0.5, 0.6) is 0 Å². The lowest BCUT2D eigenvalue weighted by Gasteiger charge is -2.44. The van der Waals surface area contributed by atoms with Crippen LogP contribution in [-0.4, -0.2) is 27.7 Å². The number of rotatable bonds is 4. The molecule has 1 aromatic rings. The Morgan fingerprint density at radius 1 is 1.28 bits per heavy atom. The molecule has 1 saturated heterocycles. The SMILES string of the molecule is O=C1CCC2(C(=O)NCc3ccccn3)CCC=C2N1C1CCCC1. The van der Waals surface area contributed by atoms with Gasteiger partial charge in [-0.15, -0.1) is 0 Å². The van der Waals surface area contributed by atoms with Gasteiger partial charge < -0.3 is 10.2 Å². The molecule has 1 unspecified atom stereocenters. The lowest BCUT2D eigenvalue weighted by atomic mass is 9.75. The molecule has 1 aromatic heterocycles. The molecule has 3 aliphatic rings. The summed E-state index contributed by atoms with van der Waals surface area (Å²) >= 11 is 0. The van der Waals surface area contributed by atoms with E-state index >= 15 is 0 Å². The zero-order valence-corrected chi connectivity index (χ0v) is 14.5. The first kappa shape index (κ1) is 16.3. The maximum absolute atomic E-state index is 13.1. The summed E-state index contributed by atoms with van der Waals surface area (Å²) in [5, 5.41) is 3.08. The quantitative estimate of drug-likeness (QED) is 0.917. The second-order valence-corrected chi connectivity index (χ2v) is 7.42. The van der Waals surface area contributed by atoms with E-state index in [1.807, 2.05) is 23.1 Å². The number of piperidine rings is 1. The maximum Gasteiger partial charge on any atom is 0.232 e. The minimum Gasteiger partial charge on any atom is -0.350 e. The average Bonchev–Trinajstić information content (AvgIpc) is 3.31. The minimum atomic E-state index is -0.523. The molecule has 5 nitrogen and oxygen atoms in total. The molecule has 2 heterocycles. The summed E-state index contributed by atoms with van der Waals surface area (Å²) in [6.45, 7) is 0.437. The summed E-state index contributed by atoms with van der Waals surface area (Å²) in [6, 6.07) is 6.00. The lowest BCUT2D eigenvalue weighted by molar-refractivity contribution is -0.141. The van der Waals surface area contributed by atoms with Gasteiger partial charge in [0.25, 0.3) is 0 Å². The highest BCUT2D eigenvalue weighted by molar-refractivity contribution is 5.91. The van der Waals surface area contributed by atoms with Gasteiger partial charge in [0.2, 0.25) is 11.8 Å². The van der Waals surface area contributed by atoms with Crippen molar-refractivity contribution in [2.75, 3.05) is 0 Å². The number of carbonyl (C=O) groups excluding carboxylic acids is 2. The Bertz CT molecular complexity index is 694. The van der Waals surface area contributed by atoms with Crippen LogP contribution >= 0.6 is 0 Å². The van der Waals surface area contributed by atoms with E-state index in [1.54, 1.807) is 6.20 Å². The van der Waals surface area contributed by atoms with Gasteiger partial charge in [0.05, 0.1) is 17.7 Å². The Kier molecular flexibility index (Phi) is 4.32. The van der Waals surface area contributed by atoms with Crippen molar-refractivity contribution < 1.29 is 9.59 Å². The molecule has 2 fully saturated rings. The van der Waals surface area contributed by atoms with Crippen molar-refractivity contribution in [3.8, 4) is 0 Å². The Balaban J connectivity index is 1.54. The largest absolute Gasteiger partial charge is 0.350 e. The second-order valence-electron chi connectivity index (χ2n) is 7.42. The van der Waals surface area contributed by atoms with E-state index in [-0.39, 0.29) is 11.8 Å². The number of aromatic nitrogens is 1. The highest BCUT2D eigenvalue weighted by Gasteiger charge is 2.52.